The van der Waals surface area contributed by atoms with Crippen molar-refractivity contribution in [2.45, 2.75) is 42.5 Å². The molecule has 10 nitrogen and oxygen atoms in total. The minimum atomic E-state index is -1.28. The van der Waals surface area contributed by atoms with Gasteiger partial charge in [-0.2, -0.15) is 0 Å². The lowest BCUT2D eigenvalue weighted by Crippen LogP contribution is -2.48. The van der Waals surface area contributed by atoms with E-state index >= 15 is 0 Å². The third-order valence-electron chi connectivity index (χ3n) is 5.29. The van der Waals surface area contributed by atoms with Crippen LogP contribution in [0.1, 0.15) is 36.5 Å². The Bertz CT molecular complexity index is 1220. The summed E-state index contributed by atoms with van der Waals surface area (Å²) in [5.41, 5.74) is 4.44. The predicted octanol–water partition coefficient (Wildman–Crippen LogP) is 0.884. The number of nitrogen functional groups attached to an aromatic ring is 1. The number of nitrogens with two attached hydrogens (primary N) is 1. The van der Waals surface area contributed by atoms with Crippen molar-refractivity contribution < 1.29 is 19.1 Å². The van der Waals surface area contributed by atoms with Crippen LogP contribution in [0.3, 0.4) is 0 Å². The Morgan fingerprint density at radius 1 is 1.26 bits per heavy atom. The number of carbonyl (C=O) groups is 3. The van der Waals surface area contributed by atoms with E-state index in [2.05, 4.69) is 4.98 Å². The standard InChI is InChI=1S/C20H20N4O6S/c1-2-9-23-16(21)15(17(27)22-19(23)29)12(25)10-30-18(28)20-8-7-14(26)24(20)11-5-3-4-6-13(11)31-20/h3-6H,2,7-10,21H2,1H3,(H,22,27,29). The Morgan fingerprint density at radius 3 is 2.74 bits per heavy atom. The lowest BCUT2D eigenvalue weighted by Gasteiger charge is -2.28. The van der Waals surface area contributed by atoms with Gasteiger partial charge in [-0.3, -0.25) is 28.8 Å². The van der Waals surface area contributed by atoms with Gasteiger partial charge in [0.2, 0.25) is 11.7 Å². The van der Waals surface area contributed by atoms with E-state index < -0.39 is 40.0 Å². The number of para-hydroxylation sites is 1. The van der Waals surface area contributed by atoms with Crippen LogP contribution in [0.4, 0.5) is 11.5 Å². The number of Topliss-reactive ketones (excluding diaryl/α,β-unsaturated/α-hetero) is 1. The number of rotatable bonds is 6. The van der Waals surface area contributed by atoms with E-state index in [4.69, 9.17) is 10.5 Å². The van der Waals surface area contributed by atoms with E-state index in [1.165, 1.54) is 16.7 Å². The molecule has 0 radical (unpaired) electrons. The number of nitrogens with zero attached hydrogens (tertiary/aromatic N) is 2. The second kappa shape index (κ2) is 7.73. The summed E-state index contributed by atoms with van der Waals surface area (Å²) in [7, 11) is 0. The molecule has 0 saturated carbocycles. The summed E-state index contributed by atoms with van der Waals surface area (Å²) in [5.74, 6) is -2.04. The average Bonchev–Trinajstić information content (AvgIpc) is 3.25. The molecule has 0 spiro atoms. The van der Waals surface area contributed by atoms with Crippen LogP contribution in [0.2, 0.25) is 0 Å². The predicted molar refractivity (Wildman–Crippen MR) is 113 cm³/mol. The molecule has 2 aromatic rings. The number of thioether (sulfide) groups is 1. The van der Waals surface area contributed by atoms with Gasteiger partial charge in [-0.25, -0.2) is 9.59 Å². The molecule has 1 unspecified atom stereocenters. The van der Waals surface area contributed by atoms with E-state index in [0.717, 1.165) is 9.46 Å². The Labute approximate surface area is 180 Å². The maximum Gasteiger partial charge on any atom is 0.343 e. The number of ether oxygens (including phenoxy) is 1. The van der Waals surface area contributed by atoms with Gasteiger partial charge < -0.3 is 10.5 Å². The van der Waals surface area contributed by atoms with E-state index in [9.17, 15) is 24.0 Å². The highest BCUT2D eigenvalue weighted by Crippen LogP contribution is 2.56. The molecule has 0 bridgehead atoms. The fourth-order valence-electron chi connectivity index (χ4n) is 3.89. The molecule has 31 heavy (non-hydrogen) atoms. The van der Waals surface area contributed by atoms with Gasteiger partial charge in [0, 0.05) is 24.3 Å². The number of fused-ring (bicyclic) bond motifs is 3. The van der Waals surface area contributed by atoms with Gasteiger partial charge in [-0.1, -0.05) is 30.8 Å². The van der Waals surface area contributed by atoms with Gasteiger partial charge in [-0.05, 0) is 18.6 Å². The molecule has 1 fully saturated rings. The van der Waals surface area contributed by atoms with E-state index in [0.29, 0.717) is 12.1 Å². The second-order valence-corrected chi connectivity index (χ2v) is 8.57. The molecule has 1 saturated heterocycles. The topological polar surface area (TPSA) is 145 Å². The number of amides is 1. The highest BCUT2D eigenvalue weighted by molar-refractivity contribution is 8.02. The van der Waals surface area contributed by atoms with Crippen LogP contribution in [-0.2, 0) is 20.9 Å². The largest absolute Gasteiger partial charge is 0.455 e. The lowest BCUT2D eigenvalue weighted by atomic mass is 10.2. The van der Waals surface area contributed by atoms with Crippen LogP contribution in [0.5, 0.6) is 0 Å². The van der Waals surface area contributed by atoms with Gasteiger partial charge in [-0.15, -0.1) is 0 Å². The monoisotopic (exact) mass is 444 g/mol. The number of esters is 1. The smallest absolute Gasteiger partial charge is 0.343 e. The molecule has 3 heterocycles. The summed E-state index contributed by atoms with van der Waals surface area (Å²) in [4.78, 5) is 65.2. The summed E-state index contributed by atoms with van der Waals surface area (Å²) in [6.45, 7) is 1.29. The number of H-pyrrole nitrogens is 1. The van der Waals surface area contributed by atoms with Gasteiger partial charge in [0.15, 0.2) is 11.5 Å². The van der Waals surface area contributed by atoms with Gasteiger partial charge in [0.05, 0.1) is 5.69 Å². The average molecular weight is 444 g/mol. The first-order valence-electron chi connectivity index (χ1n) is 9.74. The zero-order valence-electron chi connectivity index (χ0n) is 16.7. The maximum atomic E-state index is 13.0. The van der Waals surface area contributed by atoms with Crippen LogP contribution in [0.15, 0.2) is 38.8 Å². The Balaban J connectivity index is 1.57. The van der Waals surface area contributed by atoms with Crippen molar-refractivity contribution in [2.24, 2.45) is 0 Å². The zero-order chi connectivity index (χ0) is 22.3. The highest BCUT2D eigenvalue weighted by atomic mass is 32.2. The third-order valence-corrected chi connectivity index (χ3v) is 6.75. The number of benzene rings is 1. The number of aromatic nitrogens is 2. The maximum absolute atomic E-state index is 13.0. The number of carbonyl (C=O) groups excluding carboxylic acids is 3. The van der Waals surface area contributed by atoms with Crippen molar-refractivity contribution in [3.05, 3.63) is 50.7 Å². The Hall–Kier alpha value is -3.34. The molecule has 11 heteroatoms. The van der Waals surface area contributed by atoms with Crippen molar-refractivity contribution >= 4 is 40.9 Å². The lowest BCUT2D eigenvalue weighted by molar-refractivity contribution is -0.145. The number of anilines is 2. The summed E-state index contributed by atoms with van der Waals surface area (Å²) in [5, 5.41) is 0. The second-order valence-electron chi connectivity index (χ2n) is 7.25. The minimum absolute atomic E-state index is 0.180. The third kappa shape index (κ3) is 3.25. The van der Waals surface area contributed by atoms with Crippen LogP contribution < -0.4 is 21.9 Å². The van der Waals surface area contributed by atoms with Crippen LogP contribution in [-0.4, -0.2) is 38.7 Å². The van der Waals surface area contributed by atoms with E-state index in [-0.39, 0.29) is 31.1 Å². The van der Waals surface area contributed by atoms with Gasteiger partial charge in [0.25, 0.3) is 5.56 Å². The summed E-state index contributed by atoms with van der Waals surface area (Å²) >= 11 is 1.21. The van der Waals surface area contributed by atoms with Crippen molar-refractivity contribution in [3.63, 3.8) is 0 Å². The molecule has 4 rings (SSSR count). The molecule has 1 aromatic carbocycles. The number of hydrogen-bond acceptors (Lipinski definition) is 8. The van der Waals surface area contributed by atoms with E-state index in [1.807, 2.05) is 13.0 Å². The molecule has 1 atom stereocenters. The van der Waals surface area contributed by atoms with Crippen LogP contribution in [0, 0.1) is 0 Å². The summed E-state index contributed by atoms with van der Waals surface area (Å²) < 4.78 is 6.36. The molecule has 2 aliphatic heterocycles. The van der Waals surface area contributed by atoms with Gasteiger partial charge in [0.1, 0.15) is 11.4 Å². The zero-order valence-corrected chi connectivity index (χ0v) is 17.5. The highest BCUT2D eigenvalue weighted by Gasteiger charge is 2.58. The number of hydrogen-bond donors (Lipinski definition) is 2. The molecule has 2 aliphatic rings. The Kier molecular flexibility index (Phi) is 5.21. The minimum Gasteiger partial charge on any atom is -0.455 e. The molecule has 162 valence electrons. The van der Waals surface area contributed by atoms with Crippen molar-refractivity contribution in [3.8, 4) is 0 Å². The molecule has 1 aromatic heterocycles. The molecular weight excluding hydrogens is 424 g/mol. The molecule has 0 aliphatic carbocycles. The number of nitrogens with one attached hydrogen (secondary N) is 1. The molecule has 1 amide bonds. The number of aromatic amines is 1. The quantitative estimate of drug-likeness (QED) is 0.493. The van der Waals surface area contributed by atoms with Crippen LogP contribution in [0.25, 0.3) is 0 Å². The first-order chi connectivity index (χ1) is 14.8. The van der Waals surface area contributed by atoms with Crippen LogP contribution >= 0.6 is 11.8 Å². The first-order valence-corrected chi connectivity index (χ1v) is 10.6. The fraction of sp³-hybridized carbons (Fsp3) is 0.350. The normalized spacial score (nSPS) is 19.3. The van der Waals surface area contributed by atoms with Crippen molar-refractivity contribution in [1.29, 1.82) is 0 Å². The fourth-order valence-corrected chi connectivity index (χ4v) is 5.30. The van der Waals surface area contributed by atoms with E-state index in [1.54, 1.807) is 18.2 Å². The SMILES string of the molecule is CCCn1c(N)c(C(=O)COC(=O)C23CCC(=O)N2c2ccccc2S3)c(=O)[nH]c1=O. The van der Waals surface area contributed by atoms with Gasteiger partial charge >= 0.3 is 11.7 Å². The molecule has 3 N–H and O–H groups in total. The first kappa shape index (κ1) is 20.9. The Morgan fingerprint density at radius 2 is 2.00 bits per heavy atom. The number of ketones is 1. The van der Waals surface area contributed by atoms with Crippen molar-refractivity contribution in [2.75, 3.05) is 17.2 Å². The molecular formula is C20H20N4O6S. The summed E-state index contributed by atoms with van der Waals surface area (Å²) in [6, 6.07) is 7.14. The van der Waals surface area contributed by atoms with Crippen molar-refractivity contribution in [1.82, 2.24) is 9.55 Å². The summed E-state index contributed by atoms with van der Waals surface area (Å²) in [6.07, 6.45) is 0.976.